The predicted octanol–water partition coefficient (Wildman–Crippen LogP) is 5.03. The van der Waals surface area contributed by atoms with Gasteiger partial charge < -0.3 is 24.9 Å². The summed E-state index contributed by atoms with van der Waals surface area (Å²) in [7, 11) is 1.88. The van der Waals surface area contributed by atoms with Crippen LogP contribution in [0.3, 0.4) is 0 Å². The summed E-state index contributed by atoms with van der Waals surface area (Å²) in [4.78, 5) is 15.3. The SMILES string of the molecule is CC(N)c1cccc(-c2cc(COc3ccccc3CC(=O)O)cc(OCc3cncn3C)c2)c1F. The van der Waals surface area contributed by atoms with Crippen molar-refractivity contribution in [3.05, 3.63) is 101 Å². The van der Waals surface area contributed by atoms with E-state index in [-0.39, 0.29) is 25.5 Å². The number of aromatic nitrogens is 2. The van der Waals surface area contributed by atoms with E-state index in [1.807, 2.05) is 23.7 Å². The van der Waals surface area contributed by atoms with Crippen LogP contribution in [0.25, 0.3) is 11.1 Å². The van der Waals surface area contributed by atoms with Gasteiger partial charge in [0.15, 0.2) is 0 Å². The van der Waals surface area contributed by atoms with E-state index >= 15 is 4.39 Å². The van der Waals surface area contributed by atoms with Gasteiger partial charge in [-0.25, -0.2) is 9.37 Å². The third-order valence-corrected chi connectivity index (χ3v) is 5.81. The Hall–Kier alpha value is -4.17. The Morgan fingerprint density at radius 1 is 1.11 bits per heavy atom. The molecule has 0 fully saturated rings. The number of hydrogen-bond acceptors (Lipinski definition) is 5. The van der Waals surface area contributed by atoms with E-state index in [9.17, 15) is 9.90 Å². The third-order valence-electron chi connectivity index (χ3n) is 5.81. The Bertz CT molecular complexity index is 1370. The van der Waals surface area contributed by atoms with Crippen molar-refractivity contribution in [1.29, 1.82) is 0 Å². The van der Waals surface area contributed by atoms with Gasteiger partial charge in [-0.15, -0.1) is 0 Å². The molecule has 3 N–H and O–H groups in total. The van der Waals surface area contributed by atoms with Crippen molar-refractivity contribution in [3.8, 4) is 22.6 Å². The predicted molar refractivity (Wildman–Crippen MR) is 134 cm³/mol. The Kier molecular flexibility index (Phi) is 7.65. The number of aliphatic carboxylic acids is 1. The zero-order valence-electron chi connectivity index (χ0n) is 20.1. The fraction of sp³-hybridized carbons (Fsp3) is 0.214. The van der Waals surface area contributed by atoms with Gasteiger partial charge in [0.25, 0.3) is 0 Å². The van der Waals surface area contributed by atoms with E-state index in [2.05, 4.69) is 4.98 Å². The highest BCUT2D eigenvalue weighted by molar-refractivity contribution is 5.71. The summed E-state index contributed by atoms with van der Waals surface area (Å²) in [5.74, 6) is -0.303. The van der Waals surface area contributed by atoms with Crippen molar-refractivity contribution in [3.63, 3.8) is 0 Å². The number of nitrogens with two attached hydrogens (primary N) is 1. The number of benzene rings is 3. The molecule has 8 heteroatoms. The summed E-state index contributed by atoms with van der Waals surface area (Å²) >= 11 is 0. The van der Waals surface area contributed by atoms with Gasteiger partial charge in [0.05, 0.1) is 24.6 Å². The molecule has 0 aliphatic heterocycles. The number of carboxylic acids is 1. The average molecular weight is 490 g/mol. The van der Waals surface area contributed by atoms with E-state index in [4.69, 9.17) is 15.2 Å². The standard InChI is InChI=1S/C28H28FN3O4/c1-18(30)24-7-5-8-25(28(24)29)21-10-19(11-23(12-21)35-16-22-14-31-17-32(22)2)15-36-26-9-4-3-6-20(26)13-27(33)34/h3-12,14,17-18H,13,15-16,30H2,1-2H3,(H,33,34). The lowest BCUT2D eigenvalue weighted by atomic mass is 9.97. The molecular formula is C28H28FN3O4. The molecule has 1 unspecified atom stereocenters. The number of halogens is 1. The first kappa shape index (κ1) is 24.9. The summed E-state index contributed by atoms with van der Waals surface area (Å²) in [5, 5.41) is 9.20. The molecule has 0 saturated carbocycles. The summed E-state index contributed by atoms with van der Waals surface area (Å²) in [6.45, 7) is 2.16. The van der Waals surface area contributed by atoms with Gasteiger partial charge in [-0.2, -0.15) is 0 Å². The van der Waals surface area contributed by atoms with Crippen LogP contribution in [0.2, 0.25) is 0 Å². The summed E-state index contributed by atoms with van der Waals surface area (Å²) in [6.07, 6.45) is 3.27. The van der Waals surface area contributed by atoms with Crippen molar-refractivity contribution in [1.82, 2.24) is 9.55 Å². The van der Waals surface area contributed by atoms with Gasteiger partial charge in [-0.3, -0.25) is 4.79 Å². The van der Waals surface area contributed by atoms with E-state index in [1.54, 1.807) is 68.0 Å². The van der Waals surface area contributed by atoms with Crippen LogP contribution in [0.5, 0.6) is 11.5 Å². The van der Waals surface area contributed by atoms with Gasteiger partial charge >= 0.3 is 5.97 Å². The first-order valence-electron chi connectivity index (χ1n) is 11.5. The lowest BCUT2D eigenvalue weighted by Crippen LogP contribution is -2.08. The highest BCUT2D eigenvalue weighted by Crippen LogP contribution is 2.32. The van der Waals surface area contributed by atoms with Crippen molar-refractivity contribution in [2.75, 3.05) is 0 Å². The van der Waals surface area contributed by atoms with Crippen molar-refractivity contribution < 1.29 is 23.8 Å². The zero-order valence-corrected chi connectivity index (χ0v) is 20.1. The Morgan fingerprint density at radius 3 is 2.64 bits per heavy atom. The molecule has 0 aliphatic rings. The normalized spacial score (nSPS) is 11.8. The Labute approximate surface area is 208 Å². The molecule has 0 bridgehead atoms. The van der Waals surface area contributed by atoms with Gasteiger partial charge in [0, 0.05) is 29.8 Å². The molecule has 1 atom stereocenters. The maximum absolute atomic E-state index is 15.3. The number of aryl methyl sites for hydroxylation is 1. The minimum absolute atomic E-state index is 0.140. The maximum Gasteiger partial charge on any atom is 0.307 e. The Morgan fingerprint density at radius 2 is 1.92 bits per heavy atom. The second-order valence-corrected chi connectivity index (χ2v) is 8.61. The molecule has 0 saturated heterocycles. The molecule has 0 spiro atoms. The molecule has 36 heavy (non-hydrogen) atoms. The number of rotatable bonds is 10. The molecule has 4 aromatic rings. The number of carbonyl (C=O) groups is 1. The molecule has 0 aliphatic carbocycles. The first-order chi connectivity index (χ1) is 17.3. The van der Waals surface area contributed by atoms with Crippen LogP contribution in [-0.4, -0.2) is 20.6 Å². The van der Waals surface area contributed by atoms with Crippen LogP contribution in [0.1, 0.15) is 35.3 Å². The van der Waals surface area contributed by atoms with E-state index in [1.165, 1.54) is 0 Å². The van der Waals surface area contributed by atoms with Crippen LogP contribution in [0.4, 0.5) is 4.39 Å². The molecule has 4 rings (SSSR count). The Balaban J connectivity index is 1.67. The number of nitrogens with zero attached hydrogens (tertiary/aromatic N) is 2. The van der Waals surface area contributed by atoms with Gasteiger partial charge in [-0.05, 0) is 42.3 Å². The van der Waals surface area contributed by atoms with Gasteiger partial charge in [-0.1, -0.05) is 36.4 Å². The quantitative estimate of drug-likeness (QED) is 0.324. The van der Waals surface area contributed by atoms with Crippen LogP contribution >= 0.6 is 0 Å². The van der Waals surface area contributed by atoms with E-state index in [0.717, 1.165) is 11.3 Å². The molecule has 0 amide bonds. The minimum Gasteiger partial charge on any atom is -0.489 e. The molecule has 1 aromatic heterocycles. The number of imidazole rings is 1. The molecule has 7 nitrogen and oxygen atoms in total. The molecule has 3 aromatic carbocycles. The summed E-state index contributed by atoms with van der Waals surface area (Å²) in [6, 6.07) is 17.1. The second-order valence-electron chi connectivity index (χ2n) is 8.61. The molecular weight excluding hydrogens is 461 g/mol. The lowest BCUT2D eigenvalue weighted by Gasteiger charge is -2.16. The fourth-order valence-electron chi connectivity index (χ4n) is 3.90. The van der Waals surface area contributed by atoms with E-state index < -0.39 is 12.0 Å². The van der Waals surface area contributed by atoms with Crippen LogP contribution in [0.15, 0.2) is 73.2 Å². The van der Waals surface area contributed by atoms with Crippen LogP contribution in [-0.2, 0) is 31.5 Å². The molecule has 186 valence electrons. The summed E-state index contributed by atoms with van der Waals surface area (Å²) in [5.41, 5.74) is 9.61. The highest BCUT2D eigenvalue weighted by atomic mass is 19.1. The second kappa shape index (κ2) is 11.0. The van der Waals surface area contributed by atoms with E-state index in [0.29, 0.717) is 33.8 Å². The average Bonchev–Trinajstić information content (AvgIpc) is 3.26. The lowest BCUT2D eigenvalue weighted by molar-refractivity contribution is -0.136. The van der Waals surface area contributed by atoms with Crippen molar-refractivity contribution in [2.24, 2.45) is 12.8 Å². The number of para-hydroxylation sites is 1. The zero-order chi connectivity index (χ0) is 25.7. The fourth-order valence-corrected chi connectivity index (χ4v) is 3.90. The minimum atomic E-state index is -0.941. The number of hydrogen-bond donors (Lipinski definition) is 2. The number of carboxylic acid groups (broad SMARTS) is 1. The van der Waals surface area contributed by atoms with Crippen LogP contribution < -0.4 is 15.2 Å². The van der Waals surface area contributed by atoms with Gasteiger partial charge in [0.2, 0.25) is 0 Å². The first-order valence-corrected chi connectivity index (χ1v) is 11.5. The molecule has 1 heterocycles. The monoisotopic (exact) mass is 489 g/mol. The van der Waals surface area contributed by atoms with Crippen LogP contribution in [0, 0.1) is 5.82 Å². The largest absolute Gasteiger partial charge is 0.489 e. The summed E-state index contributed by atoms with van der Waals surface area (Å²) < 4.78 is 29.2. The van der Waals surface area contributed by atoms with Crippen molar-refractivity contribution >= 4 is 5.97 Å². The highest BCUT2D eigenvalue weighted by Gasteiger charge is 2.15. The number of ether oxygens (including phenoxy) is 2. The molecule has 0 radical (unpaired) electrons. The smallest absolute Gasteiger partial charge is 0.307 e. The maximum atomic E-state index is 15.3. The third kappa shape index (κ3) is 5.90. The van der Waals surface area contributed by atoms with Crippen molar-refractivity contribution in [2.45, 2.75) is 32.6 Å². The van der Waals surface area contributed by atoms with Gasteiger partial charge in [0.1, 0.15) is 30.5 Å². The topological polar surface area (TPSA) is 99.6 Å².